The molecule has 36 heavy (non-hydrogen) atoms. The zero-order valence-electron chi connectivity index (χ0n) is 19.9. The van der Waals surface area contributed by atoms with Gasteiger partial charge in [0, 0.05) is 17.6 Å². The van der Waals surface area contributed by atoms with E-state index in [2.05, 4.69) is 4.99 Å². The third-order valence-corrected chi connectivity index (χ3v) is 6.77. The van der Waals surface area contributed by atoms with Gasteiger partial charge in [0.2, 0.25) is 0 Å². The predicted octanol–water partition coefficient (Wildman–Crippen LogP) is 5.95. The highest BCUT2D eigenvalue weighted by Crippen LogP contribution is 2.35. The van der Waals surface area contributed by atoms with Crippen LogP contribution in [0.1, 0.15) is 21.5 Å². The lowest BCUT2D eigenvalue weighted by atomic mass is 10.2. The first-order valence-electron chi connectivity index (χ1n) is 10.9. The molecular formula is C27H23ClN2O5S. The van der Waals surface area contributed by atoms with Crippen LogP contribution in [0.25, 0.3) is 6.08 Å². The fraction of sp³-hybridized carbons (Fsp3) is 0.148. The Hall–Kier alpha value is -3.75. The number of aliphatic imine (C=N–C) groups is 1. The standard InChI is InChI=1S/C27H23ClN2O5S/c1-30-25(31)24(36-27(30)29-20-11-9-18(10-12-20)26(32)34-3)15-17-8-13-22(23(14-17)33-2)35-16-19-6-4-5-7-21(19)28/h4-15H,16H2,1-3H3. The van der Waals surface area contributed by atoms with Crippen LogP contribution in [0.2, 0.25) is 5.02 Å². The number of likely N-dealkylation sites (N-methyl/N-ethyl adjacent to an activating group) is 1. The van der Waals surface area contributed by atoms with E-state index in [-0.39, 0.29) is 5.91 Å². The third kappa shape index (κ3) is 5.72. The smallest absolute Gasteiger partial charge is 0.337 e. The molecule has 0 radical (unpaired) electrons. The Bertz CT molecular complexity index is 1350. The number of amides is 1. The molecule has 0 spiro atoms. The summed E-state index contributed by atoms with van der Waals surface area (Å²) in [5.41, 5.74) is 2.70. The minimum Gasteiger partial charge on any atom is -0.493 e. The maximum atomic E-state index is 12.8. The molecule has 0 N–H and O–H groups in total. The van der Waals surface area contributed by atoms with Gasteiger partial charge in [-0.05, 0) is 65.9 Å². The molecule has 0 saturated carbocycles. The number of amidine groups is 1. The first-order valence-corrected chi connectivity index (χ1v) is 12.1. The van der Waals surface area contributed by atoms with Crippen LogP contribution in [0.3, 0.4) is 0 Å². The number of hydrogen-bond acceptors (Lipinski definition) is 7. The van der Waals surface area contributed by atoms with Gasteiger partial charge in [0.25, 0.3) is 5.91 Å². The van der Waals surface area contributed by atoms with Crippen molar-refractivity contribution in [2.75, 3.05) is 21.3 Å². The number of nitrogens with zero attached hydrogens (tertiary/aromatic N) is 2. The van der Waals surface area contributed by atoms with E-state index in [1.807, 2.05) is 36.4 Å². The van der Waals surface area contributed by atoms with E-state index in [0.717, 1.165) is 11.1 Å². The van der Waals surface area contributed by atoms with Crippen molar-refractivity contribution in [1.29, 1.82) is 0 Å². The summed E-state index contributed by atoms with van der Waals surface area (Å²) in [6.45, 7) is 0.302. The van der Waals surface area contributed by atoms with Crippen LogP contribution in [0.4, 0.5) is 5.69 Å². The van der Waals surface area contributed by atoms with Crippen LogP contribution in [0.15, 0.2) is 76.6 Å². The highest BCUT2D eigenvalue weighted by atomic mass is 35.5. The van der Waals surface area contributed by atoms with Crippen molar-refractivity contribution in [3.63, 3.8) is 0 Å². The highest BCUT2D eigenvalue weighted by Gasteiger charge is 2.30. The fourth-order valence-electron chi connectivity index (χ4n) is 3.37. The average Bonchev–Trinajstić information content (AvgIpc) is 3.16. The number of ether oxygens (including phenoxy) is 3. The summed E-state index contributed by atoms with van der Waals surface area (Å²) >= 11 is 7.48. The maximum absolute atomic E-state index is 12.8. The minimum absolute atomic E-state index is 0.164. The molecule has 1 heterocycles. The van der Waals surface area contributed by atoms with Crippen molar-refractivity contribution in [2.45, 2.75) is 6.61 Å². The Morgan fingerprint density at radius 2 is 1.81 bits per heavy atom. The van der Waals surface area contributed by atoms with E-state index in [9.17, 15) is 9.59 Å². The predicted molar refractivity (Wildman–Crippen MR) is 142 cm³/mol. The van der Waals surface area contributed by atoms with Gasteiger partial charge in [-0.25, -0.2) is 9.79 Å². The summed E-state index contributed by atoms with van der Waals surface area (Å²) in [6.07, 6.45) is 1.78. The van der Waals surface area contributed by atoms with Crippen molar-refractivity contribution in [1.82, 2.24) is 4.90 Å². The number of halogens is 1. The number of hydrogen-bond donors (Lipinski definition) is 0. The lowest BCUT2D eigenvalue weighted by Gasteiger charge is -2.12. The van der Waals surface area contributed by atoms with Crippen LogP contribution in [0, 0.1) is 0 Å². The minimum atomic E-state index is -0.419. The van der Waals surface area contributed by atoms with Gasteiger partial charge >= 0.3 is 5.97 Å². The summed E-state index contributed by atoms with van der Waals surface area (Å²) in [5.74, 6) is 0.528. The molecule has 4 rings (SSSR count). The molecule has 3 aromatic rings. The number of methoxy groups -OCH3 is 2. The molecule has 184 valence electrons. The Labute approximate surface area is 218 Å². The van der Waals surface area contributed by atoms with Crippen molar-refractivity contribution in [3.05, 3.63) is 93.3 Å². The summed E-state index contributed by atoms with van der Waals surface area (Å²) in [7, 11) is 4.56. The van der Waals surface area contributed by atoms with Gasteiger partial charge in [-0.1, -0.05) is 35.9 Å². The largest absolute Gasteiger partial charge is 0.493 e. The van der Waals surface area contributed by atoms with Gasteiger partial charge in [-0.2, -0.15) is 0 Å². The molecular weight excluding hydrogens is 500 g/mol. The molecule has 0 aliphatic carbocycles. The molecule has 1 amide bonds. The highest BCUT2D eigenvalue weighted by molar-refractivity contribution is 8.18. The molecule has 0 aromatic heterocycles. The van der Waals surface area contributed by atoms with Gasteiger partial charge in [0.05, 0.1) is 30.4 Å². The second kappa shape index (κ2) is 11.3. The average molecular weight is 523 g/mol. The fourth-order valence-corrected chi connectivity index (χ4v) is 4.54. The van der Waals surface area contributed by atoms with Crippen LogP contribution in [-0.2, 0) is 16.1 Å². The molecule has 0 unspecified atom stereocenters. The lowest BCUT2D eigenvalue weighted by Crippen LogP contribution is -2.23. The quantitative estimate of drug-likeness (QED) is 0.282. The van der Waals surface area contributed by atoms with Gasteiger partial charge in [-0.15, -0.1) is 0 Å². The van der Waals surface area contributed by atoms with Crippen LogP contribution < -0.4 is 9.47 Å². The van der Waals surface area contributed by atoms with Crippen LogP contribution in [0.5, 0.6) is 11.5 Å². The first-order chi connectivity index (χ1) is 17.4. The molecule has 0 atom stereocenters. The molecule has 0 bridgehead atoms. The molecule has 1 fully saturated rings. The van der Waals surface area contributed by atoms with Crippen LogP contribution >= 0.6 is 23.4 Å². The Balaban J connectivity index is 1.51. The second-order valence-electron chi connectivity index (χ2n) is 7.70. The van der Waals surface area contributed by atoms with E-state index in [1.165, 1.54) is 23.8 Å². The van der Waals surface area contributed by atoms with Crippen LogP contribution in [-0.4, -0.2) is 43.2 Å². The number of esters is 1. The molecule has 9 heteroatoms. The van der Waals surface area contributed by atoms with Crippen molar-refractivity contribution < 1.29 is 23.8 Å². The third-order valence-electron chi connectivity index (χ3n) is 5.34. The van der Waals surface area contributed by atoms with E-state index >= 15 is 0 Å². The Morgan fingerprint density at radius 3 is 2.50 bits per heavy atom. The summed E-state index contributed by atoms with van der Waals surface area (Å²) in [4.78, 5) is 31.0. The number of rotatable bonds is 7. The lowest BCUT2D eigenvalue weighted by molar-refractivity contribution is -0.121. The van der Waals surface area contributed by atoms with Gasteiger partial charge < -0.3 is 14.2 Å². The number of carbonyl (C=O) groups is 2. The molecule has 1 aliphatic heterocycles. The first kappa shape index (κ1) is 25.3. The molecule has 1 aliphatic rings. The summed E-state index contributed by atoms with van der Waals surface area (Å²) < 4.78 is 16.1. The van der Waals surface area contributed by atoms with Crippen molar-refractivity contribution in [3.8, 4) is 11.5 Å². The summed E-state index contributed by atoms with van der Waals surface area (Å²) in [5, 5.41) is 1.17. The molecule has 1 saturated heterocycles. The normalized spacial score (nSPS) is 15.4. The van der Waals surface area contributed by atoms with E-state index in [0.29, 0.717) is 44.5 Å². The zero-order valence-corrected chi connectivity index (χ0v) is 21.4. The van der Waals surface area contributed by atoms with Crippen molar-refractivity contribution in [2.24, 2.45) is 4.99 Å². The monoisotopic (exact) mass is 522 g/mol. The Morgan fingerprint density at radius 1 is 1.06 bits per heavy atom. The number of benzene rings is 3. The molecule has 3 aromatic carbocycles. The van der Waals surface area contributed by atoms with Gasteiger partial charge in [0.1, 0.15) is 6.61 Å². The van der Waals surface area contributed by atoms with E-state index < -0.39 is 5.97 Å². The van der Waals surface area contributed by atoms with Gasteiger partial charge in [0.15, 0.2) is 16.7 Å². The van der Waals surface area contributed by atoms with E-state index in [4.69, 9.17) is 25.8 Å². The number of thioether (sulfide) groups is 1. The van der Waals surface area contributed by atoms with Crippen molar-refractivity contribution >= 4 is 52.2 Å². The summed E-state index contributed by atoms with van der Waals surface area (Å²) in [6, 6.07) is 19.6. The Kier molecular flexibility index (Phi) is 7.97. The maximum Gasteiger partial charge on any atom is 0.337 e. The zero-order chi connectivity index (χ0) is 25.7. The topological polar surface area (TPSA) is 77.4 Å². The SMILES string of the molecule is COC(=O)c1ccc(N=C2SC(=Cc3ccc(OCc4ccccc4Cl)c(OC)c3)C(=O)N2C)cc1. The van der Waals surface area contributed by atoms with E-state index in [1.54, 1.807) is 50.6 Å². The molecule has 7 nitrogen and oxygen atoms in total. The van der Waals surface area contributed by atoms with Gasteiger partial charge in [-0.3, -0.25) is 9.69 Å². The number of carbonyl (C=O) groups excluding carboxylic acids is 2. The second-order valence-corrected chi connectivity index (χ2v) is 9.11.